The SMILES string of the molecule is COC(=O)C(Cc1ccccc1)NC(=O)C(CC(=O)O)NCCCc1ccc(OC)c(O)c1.O. The van der Waals surface area contributed by atoms with Gasteiger partial charge in [0.05, 0.1) is 26.7 Å². The van der Waals surface area contributed by atoms with Gasteiger partial charge in [0, 0.05) is 6.42 Å². The van der Waals surface area contributed by atoms with E-state index in [2.05, 4.69) is 10.6 Å². The molecule has 1 amide bonds. The summed E-state index contributed by atoms with van der Waals surface area (Å²) in [5, 5.41) is 24.7. The van der Waals surface area contributed by atoms with E-state index in [4.69, 9.17) is 9.47 Å². The molecule has 0 aliphatic carbocycles. The molecule has 0 bridgehead atoms. The molecule has 0 aromatic heterocycles. The largest absolute Gasteiger partial charge is 0.504 e. The normalized spacial score (nSPS) is 12.1. The molecule has 2 aromatic carbocycles. The van der Waals surface area contributed by atoms with E-state index in [0.29, 0.717) is 25.1 Å². The molecule has 0 fully saturated rings. The molecule has 2 aromatic rings. The van der Waals surface area contributed by atoms with E-state index in [1.165, 1.54) is 14.2 Å². The highest BCUT2D eigenvalue weighted by atomic mass is 16.5. The fourth-order valence-electron chi connectivity index (χ4n) is 3.35. The standard InChI is InChI=1S/C24H30N2O7.H2O/c1-32-21-11-10-17(14-20(21)27)9-6-12-25-18(15-22(28)29)23(30)26-19(24(31)33-2)13-16-7-4-3-5-8-16;/h3-5,7-8,10-11,14,18-19,25,27H,6,9,12-13,15H2,1-2H3,(H,26,30)(H,28,29);1H2. The fourth-order valence-corrected chi connectivity index (χ4v) is 3.35. The Morgan fingerprint density at radius 1 is 1.00 bits per heavy atom. The van der Waals surface area contributed by atoms with E-state index in [1.807, 2.05) is 36.4 Å². The van der Waals surface area contributed by atoms with Gasteiger partial charge in [-0.3, -0.25) is 9.59 Å². The van der Waals surface area contributed by atoms with Crippen LogP contribution in [0.4, 0.5) is 0 Å². The van der Waals surface area contributed by atoms with Crippen LogP contribution in [0.2, 0.25) is 0 Å². The number of ether oxygens (including phenoxy) is 2. The molecule has 0 heterocycles. The number of rotatable bonds is 13. The maximum Gasteiger partial charge on any atom is 0.328 e. The highest BCUT2D eigenvalue weighted by Crippen LogP contribution is 2.26. The first-order chi connectivity index (χ1) is 15.8. The third-order valence-electron chi connectivity index (χ3n) is 5.06. The summed E-state index contributed by atoms with van der Waals surface area (Å²) < 4.78 is 9.82. The average Bonchev–Trinajstić information content (AvgIpc) is 2.80. The molecule has 10 heteroatoms. The van der Waals surface area contributed by atoms with Crippen LogP contribution in [0.25, 0.3) is 0 Å². The van der Waals surface area contributed by atoms with Gasteiger partial charge in [-0.25, -0.2) is 4.79 Å². The summed E-state index contributed by atoms with van der Waals surface area (Å²) in [5.74, 6) is -1.92. The van der Waals surface area contributed by atoms with Crippen LogP contribution in [0, 0.1) is 0 Å². The van der Waals surface area contributed by atoms with Crippen molar-refractivity contribution in [1.82, 2.24) is 10.6 Å². The minimum atomic E-state index is -1.14. The van der Waals surface area contributed by atoms with Gasteiger partial charge in [0.25, 0.3) is 0 Å². The maximum atomic E-state index is 12.8. The van der Waals surface area contributed by atoms with Gasteiger partial charge in [-0.2, -0.15) is 0 Å². The lowest BCUT2D eigenvalue weighted by atomic mass is 10.0. The number of phenolic OH excluding ortho intramolecular Hbond substituents is 1. The lowest BCUT2D eigenvalue weighted by Gasteiger charge is -2.21. The third kappa shape index (κ3) is 9.08. The summed E-state index contributed by atoms with van der Waals surface area (Å²) in [6.07, 6.45) is 0.985. The van der Waals surface area contributed by atoms with E-state index in [0.717, 1.165) is 11.1 Å². The van der Waals surface area contributed by atoms with Crippen molar-refractivity contribution in [2.45, 2.75) is 37.8 Å². The van der Waals surface area contributed by atoms with Gasteiger partial charge in [0.2, 0.25) is 5.91 Å². The Labute approximate surface area is 198 Å². The van der Waals surface area contributed by atoms with Crippen molar-refractivity contribution in [3.63, 3.8) is 0 Å². The minimum absolute atomic E-state index is 0. The Hall–Kier alpha value is -3.63. The fraction of sp³-hybridized carbons (Fsp3) is 0.375. The maximum absolute atomic E-state index is 12.8. The molecule has 2 atom stereocenters. The summed E-state index contributed by atoms with van der Waals surface area (Å²) >= 11 is 0. The molecule has 10 nitrogen and oxygen atoms in total. The highest BCUT2D eigenvalue weighted by molar-refractivity contribution is 5.90. The predicted octanol–water partition coefficient (Wildman–Crippen LogP) is 0.842. The molecule has 2 rings (SSSR count). The van der Waals surface area contributed by atoms with Crippen LogP contribution in [-0.2, 0) is 32.0 Å². The molecule has 0 aliphatic rings. The molecule has 34 heavy (non-hydrogen) atoms. The number of amides is 1. The van der Waals surface area contributed by atoms with E-state index in [9.17, 15) is 24.6 Å². The Balaban J connectivity index is 0.00000578. The number of aromatic hydroxyl groups is 1. The number of aliphatic carboxylic acids is 1. The molecule has 186 valence electrons. The average molecular weight is 477 g/mol. The van der Waals surface area contributed by atoms with Crippen molar-refractivity contribution >= 4 is 17.8 Å². The first kappa shape index (κ1) is 28.4. The zero-order valence-corrected chi connectivity index (χ0v) is 19.2. The molecule has 0 saturated heterocycles. The van der Waals surface area contributed by atoms with E-state index < -0.39 is 36.4 Å². The van der Waals surface area contributed by atoms with Crippen molar-refractivity contribution in [1.29, 1.82) is 0 Å². The Bertz CT molecular complexity index is 936. The van der Waals surface area contributed by atoms with Crippen molar-refractivity contribution in [2.24, 2.45) is 0 Å². The summed E-state index contributed by atoms with van der Waals surface area (Å²) in [5.41, 5.74) is 1.71. The smallest absolute Gasteiger partial charge is 0.328 e. The Morgan fingerprint density at radius 3 is 2.29 bits per heavy atom. The third-order valence-corrected chi connectivity index (χ3v) is 5.06. The molecule has 0 radical (unpaired) electrons. The molecule has 6 N–H and O–H groups in total. The van der Waals surface area contributed by atoms with Gasteiger partial charge in [-0.05, 0) is 42.6 Å². The number of nitrogens with one attached hydrogen (secondary N) is 2. The second-order valence-corrected chi connectivity index (χ2v) is 7.49. The molecular weight excluding hydrogens is 444 g/mol. The topological polar surface area (TPSA) is 166 Å². The van der Waals surface area contributed by atoms with Crippen LogP contribution in [0.5, 0.6) is 11.5 Å². The first-order valence-electron chi connectivity index (χ1n) is 10.6. The second-order valence-electron chi connectivity index (χ2n) is 7.49. The predicted molar refractivity (Wildman–Crippen MR) is 125 cm³/mol. The number of phenols is 1. The van der Waals surface area contributed by atoms with Gasteiger partial charge >= 0.3 is 11.9 Å². The van der Waals surface area contributed by atoms with Crippen molar-refractivity contribution < 1.29 is 39.5 Å². The molecule has 0 spiro atoms. The van der Waals surface area contributed by atoms with Gasteiger partial charge in [-0.1, -0.05) is 36.4 Å². The molecule has 2 unspecified atom stereocenters. The number of benzene rings is 2. The first-order valence-corrected chi connectivity index (χ1v) is 10.6. The number of carboxylic acids is 1. The van der Waals surface area contributed by atoms with Crippen molar-refractivity contribution in [2.75, 3.05) is 20.8 Å². The highest BCUT2D eigenvalue weighted by Gasteiger charge is 2.27. The van der Waals surface area contributed by atoms with Gasteiger partial charge in [0.1, 0.15) is 6.04 Å². The van der Waals surface area contributed by atoms with Gasteiger partial charge in [-0.15, -0.1) is 0 Å². The minimum Gasteiger partial charge on any atom is -0.504 e. The zero-order chi connectivity index (χ0) is 24.2. The zero-order valence-electron chi connectivity index (χ0n) is 19.2. The summed E-state index contributed by atoms with van der Waals surface area (Å²) in [6, 6.07) is 12.3. The number of carboxylic acid groups (broad SMARTS) is 1. The van der Waals surface area contributed by atoms with Crippen molar-refractivity contribution in [3.05, 3.63) is 59.7 Å². The van der Waals surface area contributed by atoms with Gasteiger partial charge in [0.15, 0.2) is 11.5 Å². The van der Waals surface area contributed by atoms with Crippen LogP contribution in [-0.4, -0.2) is 66.4 Å². The van der Waals surface area contributed by atoms with E-state index in [-0.39, 0.29) is 17.6 Å². The number of methoxy groups -OCH3 is 2. The van der Waals surface area contributed by atoms with Crippen LogP contribution in [0.15, 0.2) is 48.5 Å². The number of esters is 1. The van der Waals surface area contributed by atoms with Crippen LogP contribution < -0.4 is 15.4 Å². The summed E-state index contributed by atoms with van der Waals surface area (Å²) in [4.78, 5) is 36.3. The van der Waals surface area contributed by atoms with E-state index >= 15 is 0 Å². The van der Waals surface area contributed by atoms with E-state index in [1.54, 1.807) is 12.1 Å². The van der Waals surface area contributed by atoms with Crippen LogP contribution >= 0.6 is 0 Å². The Kier molecular flexibility index (Phi) is 12.1. The molecule has 0 aliphatic heterocycles. The summed E-state index contributed by atoms with van der Waals surface area (Å²) in [7, 11) is 2.70. The monoisotopic (exact) mass is 476 g/mol. The summed E-state index contributed by atoms with van der Waals surface area (Å²) in [6.45, 7) is 0.361. The quantitative estimate of drug-likeness (QED) is 0.244. The van der Waals surface area contributed by atoms with Crippen LogP contribution in [0.3, 0.4) is 0 Å². The molecular formula is C24H32N2O8. The second kappa shape index (κ2) is 14.5. The lowest BCUT2D eigenvalue weighted by Crippen LogP contribution is -2.52. The number of carbonyl (C=O) groups is 3. The molecule has 0 saturated carbocycles. The number of hydrogen-bond donors (Lipinski definition) is 4. The number of hydrogen-bond acceptors (Lipinski definition) is 7. The van der Waals surface area contributed by atoms with Crippen LogP contribution in [0.1, 0.15) is 24.0 Å². The van der Waals surface area contributed by atoms with Crippen molar-refractivity contribution in [3.8, 4) is 11.5 Å². The number of carbonyl (C=O) groups excluding carboxylic acids is 2. The number of aryl methyl sites for hydroxylation is 1. The lowest BCUT2D eigenvalue weighted by molar-refractivity contribution is -0.145. The van der Waals surface area contributed by atoms with Gasteiger partial charge < -0.3 is 35.8 Å². The Morgan fingerprint density at radius 2 is 1.71 bits per heavy atom.